The quantitative estimate of drug-likeness (QED) is 0.592. The molecule has 0 fully saturated rings. The molecule has 0 unspecified atom stereocenters. The summed E-state index contributed by atoms with van der Waals surface area (Å²) in [5, 5.41) is 12.8. The lowest BCUT2D eigenvalue weighted by Crippen LogP contribution is -2.30. The molecule has 0 amide bonds. The van der Waals surface area contributed by atoms with Gasteiger partial charge in [0.05, 0.1) is 29.4 Å². The Bertz CT molecular complexity index is 979. The predicted molar refractivity (Wildman–Crippen MR) is 107 cm³/mol. The van der Waals surface area contributed by atoms with E-state index < -0.39 is 0 Å². The highest BCUT2D eigenvalue weighted by molar-refractivity contribution is 6.33. The molecule has 0 radical (unpaired) electrons. The van der Waals surface area contributed by atoms with Gasteiger partial charge in [0.15, 0.2) is 6.61 Å². The van der Waals surface area contributed by atoms with Crippen LogP contribution in [0.3, 0.4) is 0 Å². The number of halogens is 1. The average Bonchev–Trinajstić information content (AvgIpc) is 3.22. The number of nitrogens with zero attached hydrogens (tertiary/aromatic N) is 1. The van der Waals surface area contributed by atoms with Crippen molar-refractivity contribution < 1.29 is 14.3 Å². The largest absolute Gasteiger partial charge is 0.479 e. The molecule has 1 aliphatic carbocycles. The molecule has 142 valence electrons. The molecule has 0 saturated carbocycles. The van der Waals surface area contributed by atoms with Gasteiger partial charge >= 0.3 is 5.97 Å². The van der Waals surface area contributed by atoms with Gasteiger partial charge < -0.3 is 14.8 Å². The van der Waals surface area contributed by atoms with E-state index in [2.05, 4.69) is 17.5 Å². The summed E-state index contributed by atoms with van der Waals surface area (Å²) in [5.74, 6) is 0.656. The zero-order valence-electron chi connectivity index (χ0n) is 15.3. The monoisotopic (exact) mass is 394 g/mol. The van der Waals surface area contributed by atoms with Crippen molar-refractivity contribution in [3.63, 3.8) is 0 Å². The fraction of sp³-hybridized carbons (Fsp3) is 0.273. The van der Waals surface area contributed by atoms with Crippen LogP contribution in [0.15, 0.2) is 48.6 Å². The zero-order chi connectivity index (χ0) is 19.7. The number of benzene rings is 2. The number of fused-ring (bicyclic) bond motifs is 3. The van der Waals surface area contributed by atoms with Gasteiger partial charge in [0.1, 0.15) is 11.8 Å². The second-order valence-corrected chi connectivity index (χ2v) is 7.27. The van der Waals surface area contributed by atoms with Gasteiger partial charge in [-0.05, 0) is 47.7 Å². The normalized spacial score (nSPS) is 21.8. The molecule has 1 heterocycles. The SMILES string of the molecule is COC(=O)c1ccc(Cl)c2c1[C@@H]1C=CC[C@H]1[C@H](c1ccc(OCC#N)cc1)N2. The van der Waals surface area contributed by atoms with Crippen LogP contribution in [-0.2, 0) is 4.74 Å². The standard InChI is InChI=1S/C22H19ClN2O3/c1-27-22(26)17-9-10-18(23)21-19(17)15-3-2-4-16(15)20(25-21)13-5-7-14(8-6-13)28-12-11-24/h2-3,5-10,15-16,20,25H,4,12H2,1H3/t15-,16-,20+/m1/s1. The molecule has 0 bridgehead atoms. The van der Waals surface area contributed by atoms with Crippen molar-refractivity contribution in [2.24, 2.45) is 5.92 Å². The highest BCUT2D eigenvalue weighted by Gasteiger charge is 2.41. The fourth-order valence-electron chi connectivity index (χ4n) is 4.18. The summed E-state index contributed by atoms with van der Waals surface area (Å²) in [6, 6.07) is 13.2. The minimum atomic E-state index is -0.355. The number of methoxy groups -OCH3 is 1. The van der Waals surface area contributed by atoms with Crippen molar-refractivity contribution in [2.45, 2.75) is 18.4 Å². The van der Waals surface area contributed by atoms with Crippen LogP contribution < -0.4 is 10.1 Å². The first-order valence-corrected chi connectivity index (χ1v) is 9.45. The van der Waals surface area contributed by atoms with E-state index in [1.807, 2.05) is 30.3 Å². The maximum Gasteiger partial charge on any atom is 0.338 e. The van der Waals surface area contributed by atoms with Crippen LogP contribution in [0.25, 0.3) is 0 Å². The number of ether oxygens (including phenoxy) is 2. The molecule has 5 nitrogen and oxygen atoms in total. The third-order valence-electron chi connectivity index (χ3n) is 5.42. The number of nitriles is 1. The van der Waals surface area contributed by atoms with Gasteiger partial charge in [-0.1, -0.05) is 35.9 Å². The highest BCUT2D eigenvalue weighted by atomic mass is 35.5. The Morgan fingerprint density at radius 3 is 2.79 bits per heavy atom. The molecule has 2 aliphatic rings. The van der Waals surface area contributed by atoms with E-state index in [0.29, 0.717) is 16.3 Å². The highest BCUT2D eigenvalue weighted by Crippen LogP contribution is 2.52. The lowest BCUT2D eigenvalue weighted by atomic mass is 9.75. The van der Waals surface area contributed by atoms with Gasteiger partial charge in [-0.25, -0.2) is 4.79 Å². The smallest absolute Gasteiger partial charge is 0.338 e. The average molecular weight is 395 g/mol. The van der Waals surface area contributed by atoms with Crippen LogP contribution in [0.4, 0.5) is 5.69 Å². The summed E-state index contributed by atoms with van der Waals surface area (Å²) in [4.78, 5) is 12.3. The minimum Gasteiger partial charge on any atom is -0.479 e. The molecule has 3 atom stereocenters. The summed E-state index contributed by atoms with van der Waals surface area (Å²) < 4.78 is 10.3. The number of rotatable bonds is 4. The molecular weight excluding hydrogens is 376 g/mol. The summed E-state index contributed by atoms with van der Waals surface area (Å²) >= 11 is 6.50. The molecule has 1 aliphatic heterocycles. The maximum absolute atomic E-state index is 12.3. The topological polar surface area (TPSA) is 71.3 Å². The van der Waals surface area contributed by atoms with Crippen molar-refractivity contribution in [3.8, 4) is 11.8 Å². The van der Waals surface area contributed by atoms with E-state index >= 15 is 0 Å². The number of esters is 1. The number of carbonyl (C=O) groups is 1. The Balaban J connectivity index is 1.73. The molecule has 0 aromatic heterocycles. The van der Waals surface area contributed by atoms with Crippen LogP contribution in [0.2, 0.25) is 5.02 Å². The molecule has 4 rings (SSSR count). The second-order valence-electron chi connectivity index (χ2n) is 6.87. The summed E-state index contributed by atoms with van der Waals surface area (Å²) in [5.41, 5.74) is 3.35. The summed E-state index contributed by atoms with van der Waals surface area (Å²) in [7, 11) is 1.39. The minimum absolute atomic E-state index is 0.0228. The van der Waals surface area contributed by atoms with Crippen molar-refractivity contribution in [1.82, 2.24) is 0 Å². The molecule has 0 spiro atoms. The molecule has 1 N–H and O–H groups in total. The van der Waals surface area contributed by atoms with Crippen LogP contribution in [0, 0.1) is 17.2 Å². The van der Waals surface area contributed by atoms with Gasteiger partial charge in [0, 0.05) is 5.92 Å². The fourth-order valence-corrected chi connectivity index (χ4v) is 4.40. The van der Waals surface area contributed by atoms with Gasteiger partial charge in [-0.15, -0.1) is 0 Å². The first kappa shape index (κ1) is 18.4. The number of carbonyl (C=O) groups excluding carboxylic acids is 1. The molecule has 6 heteroatoms. The molecule has 2 aromatic rings. The summed E-state index contributed by atoms with van der Waals surface area (Å²) in [6.45, 7) is 0.0228. The Kier molecular flexibility index (Phi) is 4.97. The van der Waals surface area contributed by atoms with Gasteiger partial charge in [0.2, 0.25) is 0 Å². The van der Waals surface area contributed by atoms with Crippen LogP contribution >= 0.6 is 11.6 Å². The zero-order valence-corrected chi connectivity index (χ0v) is 16.1. The number of nitrogens with one attached hydrogen (secondary N) is 1. The molecule has 2 aromatic carbocycles. The maximum atomic E-state index is 12.3. The second kappa shape index (κ2) is 7.57. The van der Waals surface area contributed by atoms with Crippen molar-refractivity contribution in [2.75, 3.05) is 19.0 Å². The van der Waals surface area contributed by atoms with E-state index in [4.69, 9.17) is 26.3 Å². The lowest BCUT2D eigenvalue weighted by molar-refractivity contribution is 0.0598. The Hall–Kier alpha value is -2.97. The van der Waals surface area contributed by atoms with Crippen molar-refractivity contribution in [3.05, 3.63) is 70.3 Å². The van der Waals surface area contributed by atoms with Crippen LogP contribution in [-0.4, -0.2) is 19.7 Å². The van der Waals surface area contributed by atoms with Crippen molar-refractivity contribution in [1.29, 1.82) is 5.26 Å². The predicted octanol–water partition coefficient (Wildman–Crippen LogP) is 4.86. The van der Waals surface area contributed by atoms with E-state index in [9.17, 15) is 4.79 Å². The van der Waals surface area contributed by atoms with Crippen molar-refractivity contribution >= 4 is 23.3 Å². The number of anilines is 1. The first-order chi connectivity index (χ1) is 13.6. The first-order valence-electron chi connectivity index (χ1n) is 9.07. The van der Waals surface area contributed by atoms with Gasteiger partial charge in [-0.2, -0.15) is 5.26 Å². The number of hydrogen-bond acceptors (Lipinski definition) is 5. The van der Waals surface area contributed by atoms with Gasteiger partial charge in [-0.3, -0.25) is 0 Å². The van der Waals surface area contributed by atoms with Gasteiger partial charge in [0.25, 0.3) is 0 Å². The summed E-state index contributed by atoms with van der Waals surface area (Å²) in [6.07, 6.45) is 5.22. The number of allylic oxidation sites excluding steroid dienone is 2. The Morgan fingerprint density at radius 1 is 1.29 bits per heavy atom. The number of hydrogen-bond donors (Lipinski definition) is 1. The third-order valence-corrected chi connectivity index (χ3v) is 5.73. The Morgan fingerprint density at radius 2 is 2.07 bits per heavy atom. The van der Waals surface area contributed by atoms with E-state index in [0.717, 1.165) is 23.2 Å². The van der Waals surface area contributed by atoms with E-state index in [1.54, 1.807) is 12.1 Å². The Labute approximate surface area is 168 Å². The van der Waals surface area contributed by atoms with E-state index in [1.165, 1.54) is 7.11 Å². The molecular formula is C22H19ClN2O3. The molecule has 28 heavy (non-hydrogen) atoms. The molecule has 0 saturated heterocycles. The third kappa shape index (κ3) is 3.10. The lowest BCUT2D eigenvalue weighted by Gasteiger charge is -2.38. The van der Waals surface area contributed by atoms with Crippen LogP contribution in [0.5, 0.6) is 5.75 Å². The van der Waals surface area contributed by atoms with Crippen LogP contribution in [0.1, 0.15) is 39.9 Å². The van der Waals surface area contributed by atoms with E-state index in [-0.39, 0.29) is 30.5 Å².